The molecule has 0 atom stereocenters. The number of carbonyl (C=O) groups excluding carboxylic acids is 2. The van der Waals surface area contributed by atoms with Gasteiger partial charge in [-0.2, -0.15) is 0 Å². The molecule has 0 radical (unpaired) electrons. The van der Waals surface area contributed by atoms with E-state index >= 15 is 0 Å². The molecule has 0 aliphatic carbocycles. The largest absolute Gasteiger partial charge is 0.326 e. The lowest BCUT2D eigenvalue weighted by Gasteiger charge is -2.12. The molecule has 2 rings (SSSR count). The summed E-state index contributed by atoms with van der Waals surface area (Å²) in [5.74, 6) is -0.156. The van der Waals surface area contributed by atoms with Crippen LogP contribution in [0.1, 0.15) is 18.1 Å². The zero-order valence-electron chi connectivity index (χ0n) is 12.9. The monoisotopic (exact) mass is 297 g/mol. The molecule has 0 aliphatic rings. The third kappa shape index (κ3) is 4.09. The summed E-state index contributed by atoms with van der Waals surface area (Å²) in [6, 6.07) is 12.4. The first-order valence-electron chi connectivity index (χ1n) is 6.97. The van der Waals surface area contributed by atoms with Gasteiger partial charge in [0.25, 0.3) is 0 Å². The number of anilines is 3. The smallest absolute Gasteiger partial charge is 0.323 e. The summed E-state index contributed by atoms with van der Waals surface area (Å²) in [6.07, 6.45) is 0. The molecule has 3 N–H and O–H groups in total. The average Bonchev–Trinajstić information content (AvgIpc) is 2.43. The van der Waals surface area contributed by atoms with E-state index in [2.05, 4.69) is 16.0 Å². The van der Waals surface area contributed by atoms with Crippen LogP contribution in [-0.2, 0) is 4.79 Å². The van der Waals surface area contributed by atoms with Crippen molar-refractivity contribution in [3.05, 3.63) is 53.6 Å². The molecule has 0 saturated carbocycles. The number of amides is 3. The number of aryl methyl sites for hydroxylation is 1. The first-order valence-corrected chi connectivity index (χ1v) is 6.97. The van der Waals surface area contributed by atoms with Crippen molar-refractivity contribution in [2.45, 2.75) is 20.8 Å². The van der Waals surface area contributed by atoms with Crippen molar-refractivity contribution in [2.75, 3.05) is 16.0 Å². The van der Waals surface area contributed by atoms with Gasteiger partial charge in [0, 0.05) is 24.0 Å². The molecule has 0 heterocycles. The van der Waals surface area contributed by atoms with Crippen molar-refractivity contribution < 1.29 is 9.59 Å². The minimum atomic E-state index is -0.325. The number of hydrogen-bond donors (Lipinski definition) is 3. The Bertz CT molecular complexity index is 711. The molecule has 0 aliphatic heterocycles. The summed E-state index contributed by atoms with van der Waals surface area (Å²) in [4.78, 5) is 23.1. The first-order chi connectivity index (χ1) is 10.5. The summed E-state index contributed by atoms with van der Waals surface area (Å²) in [7, 11) is 0. The summed E-state index contributed by atoms with van der Waals surface area (Å²) in [6.45, 7) is 5.39. The Balaban J connectivity index is 2.06. The Labute approximate surface area is 129 Å². The molecule has 5 heteroatoms. The predicted octanol–water partition coefficient (Wildman–Crippen LogP) is 3.91. The van der Waals surface area contributed by atoms with Crippen LogP contribution in [0.2, 0.25) is 0 Å². The van der Waals surface area contributed by atoms with E-state index in [1.54, 1.807) is 24.3 Å². The Morgan fingerprint density at radius 2 is 1.50 bits per heavy atom. The van der Waals surface area contributed by atoms with E-state index in [0.717, 1.165) is 16.8 Å². The highest BCUT2D eigenvalue weighted by Gasteiger charge is 2.06. The van der Waals surface area contributed by atoms with E-state index in [4.69, 9.17) is 0 Å². The van der Waals surface area contributed by atoms with Crippen molar-refractivity contribution in [1.82, 2.24) is 0 Å². The zero-order valence-corrected chi connectivity index (χ0v) is 12.9. The molecule has 0 saturated heterocycles. The van der Waals surface area contributed by atoms with Crippen molar-refractivity contribution in [1.29, 1.82) is 0 Å². The lowest BCUT2D eigenvalue weighted by molar-refractivity contribution is -0.114. The highest BCUT2D eigenvalue weighted by atomic mass is 16.2. The second kappa shape index (κ2) is 6.76. The molecule has 0 spiro atoms. The average molecular weight is 297 g/mol. The molecular weight excluding hydrogens is 278 g/mol. The number of nitrogens with one attached hydrogen (secondary N) is 3. The summed E-state index contributed by atoms with van der Waals surface area (Å²) in [5, 5.41) is 8.25. The highest BCUT2D eigenvalue weighted by Crippen LogP contribution is 2.19. The number of carbonyl (C=O) groups is 2. The van der Waals surface area contributed by atoms with Crippen LogP contribution in [0.3, 0.4) is 0 Å². The fourth-order valence-electron chi connectivity index (χ4n) is 2.05. The summed E-state index contributed by atoms with van der Waals surface area (Å²) >= 11 is 0. The van der Waals surface area contributed by atoms with E-state index < -0.39 is 0 Å². The van der Waals surface area contributed by atoms with Gasteiger partial charge in [-0.25, -0.2) is 4.79 Å². The van der Waals surface area contributed by atoms with Crippen molar-refractivity contribution in [2.24, 2.45) is 0 Å². The van der Waals surface area contributed by atoms with E-state index in [9.17, 15) is 9.59 Å². The minimum absolute atomic E-state index is 0.156. The Morgan fingerprint density at radius 1 is 0.864 bits per heavy atom. The first kappa shape index (κ1) is 15.6. The number of benzene rings is 2. The van der Waals surface area contributed by atoms with E-state index in [1.807, 2.05) is 32.0 Å². The van der Waals surface area contributed by atoms with Crippen molar-refractivity contribution >= 4 is 29.0 Å². The molecule has 5 nitrogen and oxygen atoms in total. The van der Waals surface area contributed by atoms with Gasteiger partial charge in [0.2, 0.25) is 5.91 Å². The maximum absolute atomic E-state index is 12.1. The highest BCUT2D eigenvalue weighted by molar-refractivity contribution is 6.00. The second-order valence-electron chi connectivity index (χ2n) is 5.09. The zero-order chi connectivity index (χ0) is 16.1. The standard InChI is InChI=1S/C17H19N3O2/c1-11-6-4-9-16(12(11)2)20-17(22)19-15-8-5-7-14(10-15)18-13(3)21/h4-10H,1-3H3,(H,18,21)(H2,19,20,22). The normalized spacial score (nSPS) is 9.95. The van der Waals surface area contributed by atoms with Crippen LogP contribution in [0, 0.1) is 13.8 Å². The lowest BCUT2D eigenvalue weighted by atomic mass is 10.1. The van der Waals surface area contributed by atoms with Crippen molar-refractivity contribution in [3.8, 4) is 0 Å². The molecule has 0 fully saturated rings. The summed E-state index contributed by atoms with van der Waals surface area (Å²) in [5.41, 5.74) is 4.16. The maximum atomic E-state index is 12.1. The molecule has 3 amide bonds. The maximum Gasteiger partial charge on any atom is 0.323 e. The van der Waals surface area contributed by atoms with Gasteiger partial charge in [0.1, 0.15) is 0 Å². The Kier molecular flexibility index (Phi) is 4.78. The summed E-state index contributed by atoms with van der Waals surface area (Å²) < 4.78 is 0. The van der Waals surface area contributed by atoms with Gasteiger partial charge in [-0.3, -0.25) is 4.79 Å². The molecule has 0 unspecified atom stereocenters. The van der Waals surface area contributed by atoms with Gasteiger partial charge in [0.15, 0.2) is 0 Å². The van der Waals surface area contributed by atoms with Gasteiger partial charge in [-0.05, 0) is 49.2 Å². The number of rotatable bonds is 3. The fraction of sp³-hybridized carbons (Fsp3) is 0.176. The van der Waals surface area contributed by atoms with Crippen LogP contribution >= 0.6 is 0 Å². The lowest BCUT2D eigenvalue weighted by Crippen LogP contribution is -2.20. The van der Waals surface area contributed by atoms with Crippen molar-refractivity contribution in [3.63, 3.8) is 0 Å². The molecular formula is C17H19N3O2. The number of urea groups is 1. The van der Waals surface area contributed by atoms with E-state index in [-0.39, 0.29) is 11.9 Å². The molecule has 0 bridgehead atoms. The minimum Gasteiger partial charge on any atom is -0.326 e. The van der Waals surface area contributed by atoms with Crippen LogP contribution in [0.15, 0.2) is 42.5 Å². The van der Waals surface area contributed by atoms with Crippen LogP contribution in [0.5, 0.6) is 0 Å². The number of hydrogen-bond acceptors (Lipinski definition) is 2. The van der Waals surface area contributed by atoms with Crippen LogP contribution in [-0.4, -0.2) is 11.9 Å². The predicted molar refractivity (Wildman–Crippen MR) is 89.3 cm³/mol. The van der Waals surface area contributed by atoms with Gasteiger partial charge >= 0.3 is 6.03 Å². The molecule has 0 aromatic heterocycles. The fourth-order valence-corrected chi connectivity index (χ4v) is 2.05. The quantitative estimate of drug-likeness (QED) is 0.804. The Hall–Kier alpha value is -2.82. The SMILES string of the molecule is CC(=O)Nc1cccc(NC(=O)Nc2cccc(C)c2C)c1. The molecule has 2 aromatic rings. The van der Waals surface area contributed by atoms with Gasteiger partial charge in [0.05, 0.1) is 0 Å². The van der Waals surface area contributed by atoms with Crippen LogP contribution in [0.25, 0.3) is 0 Å². The molecule has 2 aromatic carbocycles. The third-order valence-corrected chi connectivity index (χ3v) is 3.29. The third-order valence-electron chi connectivity index (χ3n) is 3.29. The van der Waals surface area contributed by atoms with Crippen LogP contribution < -0.4 is 16.0 Å². The van der Waals surface area contributed by atoms with Gasteiger partial charge < -0.3 is 16.0 Å². The Morgan fingerprint density at radius 3 is 2.18 bits per heavy atom. The van der Waals surface area contributed by atoms with Crippen LogP contribution in [0.4, 0.5) is 21.9 Å². The topological polar surface area (TPSA) is 70.2 Å². The van der Waals surface area contributed by atoms with Gasteiger partial charge in [-0.15, -0.1) is 0 Å². The molecule has 114 valence electrons. The van der Waals surface area contributed by atoms with E-state index in [1.165, 1.54) is 6.92 Å². The molecule has 22 heavy (non-hydrogen) atoms. The van der Waals surface area contributed by atoms with Gasteiger partial charge in [-0.1, -0.05) is 18.2 Å². The van der Waals surface area contributed by atoms with E-state index in [0.29, 0.717) is 11.4 Å². The second-order valence-corrected chi connectivity index (χ2v) is 5.09.